The van der Waals surface area contributed by atoms with E-state index in [1.807, 2.05) is 0 Å². The number of fused-ring (bicyclic) bond motifs is 2. The van der Waals surface area contributed by atoms with E-state index in [0.29, 0.717) is 10.8 Å². The second kappa shape index (κ2) is 26.3. The number of carboxylic acids is 1. The van der Waals surface area contributed by atoms with Crippen LogP contribution in [0.2, 0.25) is 0 Å². The van der Waals surface area contributed by atoms with Gasteiger partial charge in [-0.3, -0.25) is 4.79 Å². The largest absolute Gasteiger partial charge is 0.481 e. The van der Waals surface area contributed by atoms with Crippen molar-refractivity contribution >= 4 is 5.97 Å². The van der Waals surface area contributed by atoms with Crippen LogP contribution in [0.3, 0.4) is 0 Å². The van der Waals surface area contributed by atoms with E-state index < -0.39 is 5.97 Å². The number of hydrogen-bond donors (Lipinski definition) is 1. The van der Waals surface area contributed by atoms with Crippen molar-refractivity contribution in [1.29, 1.82) is 0 Å². The molecule has 284 valence electrons. The van der Waals surface area contributed by atoms with Crippen LogP contribution in [0.4, 0.5) is 0 Å². The standard InChI is InChI=1S/C46H88O2/c1-40(2)33-29-25-21-17-13-12-15-19-23-27-31-35-42(44(47)48)34-30-26-22-18-14-10-8-6-7-9-11-16-20-24-28-32-38-46-39-43(45(46,4)5)37-36-41(46)3/h40-43H,6-39H2,1-5H3,(H,47,48). The maximum Gasteiger partial charge on any atom is 0.306 e. The summed E-state index contributed by atoms with van der Waals surface area (Å²) in [7, 11) is 0. The SMILES string of the molecule is CC(C)CCCCCCCCCCCCCC(CCCCCCCCCCCCCCCCCCC12CC(CCC1C)C2(C)C)C(=O)O. The molecule has 48 heavy (non-hydrogen) atoms. The van der Waals surface area contributed by atoms with Gasteiger partial charge in [-0.25, -0.2) is 0 Å². The molecule has 0 heterocycles. The predicted molar refractivity (Wildman–Crippen MR) is 212 cm³/mol. The first-order chi connectivity index (χ1) is 23.2. The zero-order chi connectivity index (χ0) is 34.9. The van der Waals surface area contributed by atoms with Crippen LogP contribution in [0.1, 0.15) is 253 Å². The highest BCUT2D eigenvalue weighted by molar-refractivity contribution is 5.69. The van der Waals surface area contributed by atoms with Gasteiger partial charge in [-0.05, 0) is 67.1 Å². The van der Waals surface area contributed by atoms with Crippen LogP contribution >= 0.6 is 0 Å². The molecule has 3 rings (SSSR count). The zero-order valence-electron chi connectivity index (χ0n) is 33.7. The quantitative estimate of drug-likeness (QED) is 0.0691. The molecular weight excluding hydrogens is 585 g/mol. The highest BCUT2D eigenvalue weighted by atomic mass is 16.4. The van der Waals surface area contributed by atoms with Crippen molar-refractivity contribution < 1.29 is 9.90 Å². The van der Waals surface area contributed by atoms with E-state index in [9.17, 15) is 9.90 Å². The van der Waals surface area contributed by atoms with Crippen molar-refractivity contribution in [2.45, 2.75) is 253 Å². The molecule has 0 amide bonds. The van der Waals surface area contributed by atoms with Gasteiger partial charge in [0.2, 0.25) is 0 Å². The molecule has 0 spiro atoms. The summed E-state index contributed by atoms with van der Waals surface area (Å²) in [6.07, 6.45) is 46.2. The fraction of sp³-hybridized carbons (Fsp3) is 0.978. The third-order valence-corrected chi connectivity index (χ3v) is 13.9. The lowest BCUT2D eigenvalue weighted by Gasteiger charge is -2.69. The summed E-state index contributed by atoms with van der Waals surface area (Å²) in [6, 6.07) is 0. The molecule has 0 aliphatic heterocycles. The van der Waals surface area contributed by atoms with Crippen LogP contribution in [0.15, 0.2) is 0 Å². The van der Waals surface area contributed by atoms with Gasteiger partial charge < -0.3 is 5.11 Å². The van der Waals surface area contributed by atoms with Gasteiger partial charge in [0.1, 0.15) is 0 Å². The van der Waals surface area contributed by atoms with Crippen molar-refractivity contribution in [2.24, 2.45) is 34.5 Å². The van der Waals surface area contributed by atoms with Gasteiger partial charge >= 0.3 is 5.97 Å². The van der Waals surface area contributed by atoms with E-state index in [1.165, 1.54) is 193 Å². The van der Waals surface area contributed by atoms with E-state index in [-0.39, 0.29) is 5.92 Å². The summed E-state index contributed by atoms with van der Waals surface area (Å²) >= 11 is 0. The lowest BCUT2D eigenvalue weighted by molar-refractivity contribution is -0.199. The van der Waals surface area contributed by atoms with Crippen molar-refractivity contribution in [3.63, 3.8) is 0 Å². The van der Waals surface area contributed by atoms with Crippen LogP contribution in [0.25, 0.3) is 0 Å². The van der Waals surface area contributed by atoms with E-state index >= 15 is 0 Å². The molecular formula is C46H88O2. The Balaban J connectivity index is 1.27. The minimum atomic E-state index is -0.553. The van der Waals surface area contributed by atoms with Crippen molar-refractivity contribution in [3.05, 3.63) is 0 Å². The second-order valence-corrected chi connectivity index (χ2v) is 18.3. The molecule has 1 N–H and O–H groups in total. The highest BCUT2D eigenvalue weighted by Gasteiger charge is 2.63. The molecule has 3 aliphatic carbocycles. The van der Waals surface area contributed by atoms with Crippen molar-refractivity contribution in [2.75, 3.05) is 0 Å². The monoisotopic (exact) mass is 673 g/mol. The number of rotatable bonds is 34. The maximum atomic E-state index is 11.8. The molecule has 0 aromatic heterocycles. The van der Waals surface area contributed by atoms with Gasteiger partial charge in [0.15, 0.2) is 0 Å². The fourth-order valence-corrected chi connectivity index (χ4v) is 10.2. The molecule has 3 fully saturated rings. The van der Waals surface area contributed by atoms with Gasteiger partial charge in [-0.2, -0.15) is 0 Å². The highest BCUT2D eigenvalue weighted by Crippen LogP contribution is 2.71. The minimum Gasteiger partial charge on any atom is -0.481 e. The first-order valence-electron chi connectivity index (χ1n) is 22.4. The normalized spacial score (nSPS) is 22.2. The summed E-state index contributed by atoms with van der Waals surface area (Å²) in [5, 5.41) is 9.68. The minimum absolute atomic E-state index is 0.103. The molecule has 3 aliphatic rings. The fourth-order valence-electron chi connectivity index (χ4n) is 10.2. The number of carboxylic acid groups (broad SMARTS) is 1. The maximum absolute atomic E-state index is 11.8. The lowest BCUT2D eigenvalue weighted by atomic mass is 9.36. The Bertz CT molecular complexity index is 770. The van der Waals surface area contributed by atoms with Crippen molar-refractivity contribution in [3.8, 4) is 0 Å². The number of aliphatic carboxylic acids is 1. The molecule has 0 aromatic rings. The third kappa shape index (κ3) is 17.1. The Hall–Kier alpha value is -0.530. The van der Waals surface area contributed by atoms with Crippen LogP contribution in [0, 0.1) is 34.5 Å². The second-order valence-electron chi connectivity index (χ2n) is 18.3. The lowest BCUT2D eigenvalue weighted by Crippen LogP contribution is -2.61. The Morgan fingerprint density at radius 1 is 0.542 bits per heavy atom. The summed E-state index contributed by atoms with van der Waals surface area (Å²) < 4.78 is 0. The van der Waals surface area contributed by atoms with Gasteiger partial charge in [0, 0.05) is 0 Å². The van der Waals surface area contributed by atoms with Gasteiger partial charge in [0.25, 0.3) is 0 Å². The molecule has 2 heteroatoms. The Morgan fingerprint density at radius 3 is 1.19 bits per heavy atom. The van der Waals surface area contributed by atoms with Crippen LogP contribution in [0.5, 0.6) is 0 Å². The van der Waals surface area contributed by atoms with Crippen molar-refractivity contribution in [1.82, 2.24) is 0 Å². The smallest absolute Gasteiger partial charge is 0.306 e. The number of hydrogen-bond acceptors (Lipinski definition) is 1. The van der Waals surface area contributed by atoms with E-state index in [1.54, 1.807) is 0 Å². The molecule has 3 saturated carbocycles. The van der Waals surface area contributed by atoms with Crippen LogP contribution in [-0.4, -0.2) is 11.1 Å². The molecule has 2 nitrogen and oxygen atoms in total. The molecule has 4 atom stereocenters. The third-order valence-electron chi connectivity index (χ3n) is 13.9. The van der Waals surface area contributed by atoms with E-state index in [2.05, 4.69) is 34.6 Å². The molecule has 4 unspecified atom stereocenters. The average molecular weight is 673 g/mol. The van der Waals surface area contributed by atoms with Gasteiger partial charge in [0.05, 0.1) is 5.92 Å². The van der Waals surface area contributed by atoms with Gasteiger partial charge in [-0.15, -0.1) is 0 Å². The Morgan fingerprint density at radius 2 is 0.875 bits per heavy atom. The molecule has 0 radical (unpaired) electrons. The first-order valence-corrected chi connectivity index (χ1v) is 22.4. The molecule has 0 saturated heterocycles. The van der Waals surface area contributed by atoms with Gasteiger partial charge in [-0.1, -0.05) is 214 Å². The number of unbranched alkanes of at least 4 members (excludes halogenated alkanes) is 25. The summed E-state index contributed by atoms with van der Waals surface area (Å²) in [5.74, 6) is 2.18. The topological polar surface area (TPSA) is 37.3 Å². The summed E-state index contributed by atoms with van der Waals surface area (Å²) in [4.78, 5) is 11.8. The van der Waals surface area contributed by atoms with E-state index in [0.717, 1.165) is 43.4 Å². The summed E-state index contributed by atoms with van der Waals surface area (Å²) in [5.41, 5.74) is 1.30. The Kier molecular flexibility index (Phi) is 23.9. The van der Waals surface area contributed by atoms with Crippen LogP contribution in [-0.2, 0) is 4.79 Å². The van der Waals surface area contributed by atoms with Crippen LogP contribution < -0.4 is 0 Å². The summed E-state index contributed by atoms with van der Waals surface area (Å²) in [6.45, 7) is 12.4. The predicted octanol–water partition coefficient (Wildman–Crippen LogP) is 15.9. The zero-order valence-corrected chi connectivity index (χ0v) is 33.7. The van der Waals surface area contributed by atoms with E-state index in [4.69, 9.17) is 0 Å². The number of carbonyl (C=O) groups is 1. The molecule has 0 aromatic carbocycles. The Labute approximate surface area is 302 Å². The average Bonchev–Trinajstić information content (AvgIpc) is 3.05. The molecule has 2 bridgehead atoms. The first kappa shape index (κ1) is 43.6.